The van der Waals surface area contributed by atoms with Crippen LogP contribution >= 0.6 is 15.9 Å². The van der Waals surface area contributed by atoms with Crippen molar-refractivity contribution >= 4 is 21.9 Å². The van der Waals surface area contributed by atoms with Gasteiger partial charge in [-0.15, -0.1) is 0 Å². The highest BCUT2D eigenvalue weighted by Gasteiger charge is 2.38. The Balaban J connectivity index is 0.000000224. The quantitative estimate of drug-likeness (QED) is 0.802. The van der Waals surface area contributed by atoms with Crippen LogP contribution in [-0.2, 0) is 4.79 Å². The molecular weight excluding hydrogens is 333 g/mol. The number of rotatable bonds is 2. The van der Waals surface area contributed by atoms with Gasteiger partial charge in [0, 0.05) is 13.1 Å². The molecule has 19 heavy (non-hydrogen) atoms. The Morgan fingerprint density at radius 3 is 2.37 bits per heavy atom. The molecule has 0 bridgehead atoms. The molecule has 0 atom stereocenters. The van der Waals surface area contributed by atoms with Crippen LogP contribution in [0, 0.1) is 0 Å². The van der Waals surface area contributed by atoms with Crippen molar-refractivity contribution in [2.24, 2.45) is 0 Å². The number of carboxylic acid groups (broad SMARTS) is 1. The zero-order valence-corrected chi connectivity index (χ0v) is 11.0. The lowest BCUT2D eigenvalue weighted by atomic mass is 10.2. The smallest absolute Gasteiger partial charge is 0.486 e. The van der Waals surface area contributed by atoms with Gasteiger partial charge in [-0.1, -0.05) is 0 Å². The number of aliphatic carboxylic acids is 1. The van der Waals surface area contributed by atoms with Crippen molar-refractivity contribution in [2.75, 3.05) is 13.1 Å². The van der Waals surface area contributed by atoms with E-state index in [1.54, 1.807) is 6.20 Å². The van der Waals surface area contributed by atoms with Gasteiger partial charge in [0.25, 0.3) is 0 Å². The van der Waals surface area contributed by atoms with Crippen molar-refractivity contribution < 1.29 is 27.8 Å². The summed E-state index contributed by atoms with van der Waals surface area (Å²) in [7, 11) is 0. The molecule has 2 rings (SSSR count). The fourth-order valence-corrected chi connectivity index (χ4v) is 1.20. The first-order valence-electron chi connectivity index (χ1n) is 5.08. The normalized spacial score (nSPS) is 14.9. The number of hydrogen-bond donors (Lipinski definition) is 2. The number of nitrogens with one attached hydrogen (secondary N) is 1. The third-order valence-corrected chi connectivity index (χ3v) is 2.46. The third-order valence-electron chi connectivity index (χ3n) is 1.99. The molecule has 9 heteroatoms. The maximum atomic E-state index is 10.6. The number of alkyl halides is 3. The number of carbonyl (C=O) groups is 1. The van der Waals surface area contributed by atoms with Crippen molar-refractivity contribution in [2.45, 2.75) is 12.3 Å². The second kappa shape index (κ2) is 6.71. The number of carboxylic acids is 1. The second-order valence-electron chi connectivity index (χ2n) is 3.52. The Bertz CT molecular complexity index is 421. The van der Waals surface area contributed by atoms with Gasteiger partial charge < -0.3 is 15.2 Å². The summed E-state index contributed by atoms with van der Waals surface area (Å²) in [5.41, 5.74) is 0. The molecule has 0 aliphatic carbocycles. The minimum atomic E-state index is -5.08. The van der Waals surface area contributed by atoms with Gasteiger partial charge in [0.2, 0.25) is 0 Å². The van der Waals surface area contributed by atoms with E-state index in [-0.39, 0.29) is 0 Å². The van der Waals surface area contributed by atoms with Crippen LogP contribution in [-0.4, -0.2) is 41.4 Å². The van der Waals surface area contributed by atoms with Crippen LogP contribution in [0.15, 0.2) is 22.9 Å². The molecule has 0 aromatic carbocycles. The van der Waals surface area contributed by atoms with Crippen LogP contribution < -0.4 is 10.1 Å². The SMILES string of the molecule is Brc1ccc(OC2CNC2)cn1.O=C(O)C(F)(F)F. The maximum absolute atomic E-state index is 10.6. The maximum Gasteiger partial charge on any atom is 0.490 e. The van der Waals surface area contributed by atoms with E-state index < -0.39 is 12.1 Å². The summed E-state index contributed by atoms with van der Waals surface area (Å²) >= 11 is 3.26. The summed E-state index contributed by atoms with van der Waals surface area (Å²) in [5, 5.41) is 10.3. The van der Waals surface area contributed by atoms with E-state index in [0.29, 0.717) is 6.10 Å². The molecular formula is C10H10BrF3N2O3. The molecule has 1 fully saturated rings. The van der Waals surface area contributed by atoms with Gasteiger partial charge in [-0.25, -0.2) is 9.78 Å². The van der Waals surface area contributed by atoms with Gasteiger partial charge >= 0.3 is 12.1 Å². The molecule has 5 nitrogen and oxygen atoms in total. The van der Waals surface area contributed by atoms with E-state index in [1.807, 2.05) is 12.1 Å². The zero-order chi connectivity index (χ0) is 14.5. The van der Waals surface area contributed by atoms with Crippen LogP contribution in [0.3, 0.4) is 0 Å². The molecule has 2 heterocycles. The van der Waals surface area contributed by atoms with Crippen molar-refractivity contribution in [1.29, 1.82) is 0 Å². The molecule has 1 saturated heterocycles. The lowest BCUT2D eigenvalue weighted by Gasteiger charge is -2.27. The monoisotopic (exact) mass is 342 g/mol. The lowest BCUT2D eigenvalue weighted by molar-refractivity contribution is -0.192. The van der Waals surface area contributed by atoms with Crippen LogP contribution in [0.1, 0.15) is 0 Å². The molecule has 1 aromatic heterocycles. The summed E-state index contributed by atoms with van der Waals surface area (Å²) in [6.07, 6.45) is -3.03. The van der Waals surface area contributed by atoms with Gasteiger partial charge in [-0.3, -0.25) is 0 Å². The molecule has 1 aromatic rings. The Labute approximate surface area is 114 Å². The molecule has 0 unspecified atom stereocenters. The van der Waals surface area contributed by atoms with Gasteiger partial charge in [0.1, 0.15) is 16.5 Å². The fourth-order valence-electron chi connectivity index (χ4n) is 0.970. The van der Waals surface area contributed by atoms with E-state index in [9.17, 15) is 13.2 Å². The highest BCUT2D eigenvalue weighted by molar-refractivity contribution is 9.10. The van der Waals surface area contributed by atoms with Gasteiger partial charge in [-0.2, -0.15) is 13.2 Å². The molecule has 2 N–H and O–H groups in total. The summed E-state index contributed by atoms with van der Waals surface area (Å²) in [4.78, 5) is 13.0. The number of nitrogens with zero attached hydrogens (tertiary/aromatic N) is 1. The highest BCUT2D eigenvalue weighted by atomic mass is 79.9. The number of halogens is 4. The van der Waals surface area contributed by atoms with Crippen molar-refractivity contribution in [3.63, 3.8) is 0 Å². The largest absolute Gasteiger partial charge is 0.490 e. The molecule has 0 spiro atoms. The zero-order valence-electron chi connectivity index (χ0n) is 9.45. The van der Waals surface area contributed by atoms with E-state index >= 15 is 0 Å². The number of pyridine rings is 1. The second-order valence-corrected chi connectivity index (χ2v) is 4.33. The molecule has 1 aliphatic rings. The Kier molecular flexibility index (Phi) is 5.55. The highest BCUT2D eigenvalue weighted by Crippen LogP contribution is 2.15. The number of aromatic nitrogens is 1. The first kappa shape index (κ1) is 15.7. The van der Waals surface area contributed by atoms with Crippen molar-refractivity contribution in [3.05, 3.63) is 22.9 Å². The first-order chi connectivity index (χ1) is 8.79. The van der Waals surface area contributed by atoms with Crippen LogP contribution in [0.2, 0.25) is 0 Å². The van der Waals surface area contributed by atoms with E-state index in [1.165, 1.54) is 0 Å². The van der Waals surface area contributed by atoms with Crippen LogP contribution in [0.25, 0.3) is 0 Å². The van der Waals surface area contributed by atoms with Gasteiger partial charge in [0.05, 0.1) is 6.20 Å². The summed E-state index contributed by atoms with van der Waals surface area (Å²) in [5.74, 6) is -1.92. The topological polar surface area (TPSA) is 71.5 Å². The molecule has 0 saturated carbocycles. The van der Waals surface area contributed by atoms with Gasteiger partial charge in [0.15, 0.2) is 0 Å². The average molecular weight is 343 g/mol. The summed E-state index contributed by atoms with van der Waals surface area (Å²) in [6.45, 7) is 1.88. The molecule has 0 amide bonds. The predicted octanol–water partition coefficient (Wildman–Crippen LogP) is 1.83. The van der Waals surface area contributed by atoms with Crippen molar-refractivity contribution in [1.82, 2.24) is 10.3 Å². The lowest BCUT2D eigenvalue weighted by Crippen LogP contribution is -2.50. The van der Waals surface area contributed by atoms with E-state index in [2.05, 4.69) is 26.2 Å². The van der Waals surface area contributed by atoms with Gasteiger partial charge in [-0.05, 0) is 28.1 Å². The number of hydrogen-bond acceptors (Lipinski definition) is 4. The molecule has 0 radical (unpaired) electrons. The molecule has 106 valence electrons. The standard InChI is InChI=1S/C8H9BrN2O.C2HF3O2/c9-8-2-1-6(5-11-8)12-7-3-10-4-7;3-2(4,5)1(6)7/h1-2,5,7,10H,3-4H2;(H,6,7). The first-order valence-corrected chi connectivity index (χ1v) is 5.87. The minimum Gasteiger partial charge on any atom is -0.486 e. The average Bonchev–Trinajstić information content (AvgIpc) is 2.25. The number of ether oxygens (including phenoxy) is 1. The fraction of sp³-hybridized carbons (Fsp3) is 0.400. The van der Waals surface area contributed by atoms with Crippen LogP contribution in [0.5, 0.6) is 5.75 Å². The summed E-state index contributed by atoms with van der Waals surface area (Å²) < 4.78 is 38.1. The van der Waals surface area contributed by atoms with Crippen molar-refractivity contribution in [3.8, 4) is 5.75 Å². The minimum absolute atomic E-state index is 0.327. The molecule has 1 aliphatic heterocycles. The van der Waals surface area contributed by atoms with Crippen LogP contribution in [0.4, 0.5) is 13.2 Å². The predicted molar refractivity (Wildman–Crippen MR) is 62.9 cm³/mol. The summed E-state index contributed by atoms with van der Waals surface area (Å²) in [6, 6.07) is 3.79. The van der Waals surface area contributed by atoms with E-state index in [0.717, 1.165) is 23.4 Å². The Morgan fingerprint density at radius 1 is 1.47 bits per heavy atom. The third kappa shape index (κ3) is 5.88. The Morgan fingerprint density at radius 2 is 2.05 bits per heavy atom. The Hall–Kier alpha value is -1.35. The van der Waals surface area contributed by atoms with E-state index in [4.69, 9.17) is 14.6 Å².